The van der Waals surface area contributed by atoms with E-state index in [1.807, 2.05) is 13.8 Å². The van der Waals surface area contributed by atoms with Crippen LogP contribution in [0.15, 0.2) is 27.9 Å². The summed E-state index contributed by atoms with van der Waals surface area (Å²) in [4.78, 5) is 20.0. The molecule has 150 valence electrons. The number of benzene rings is 1. The van der Waals surface area contributed by atoms with Gasteiger partial charge in [0.15, 0.2) is 5.52 Å². The summed E-state index contributed by atoms with van der Waals surface area (Å²) in [5, 5.41) is 4.49. The molecule has 8 nitrogen and oxygen atoms in total. The first-order chi connectivity index (χ1) is 13.3. The molecule has 3 aromatic rings. The van der Waals surface area contributed by atoms with Gasteiger partial charge in [-0.2, -0.15) is 5.10 Å². The fraction of sp³-hybridized carbons (Fsp3) is 0.389. The molecule has 0 aliphatic carbocycles. The van der Waals surface area contributed by atoms with E-state index in [-0.39, 0.29) is 16.3 Å². The highest BCUT2D eigenvalue weighted by Crippen LogP contribution is 2.32. The Morgan fingerprint density at radius 3 is 2.61 bits per heavy atom. The van der Waals surface area contributed by atoms with Gasteiger partial charge in [0.05, 0.1) is 22.8 Å². The summed E-state index contributed by atoms with van der Waals surface area (Å²) in [6.07, 6.45) is 1.53. The fourth-order valence-corrected chi connectivity index (χ4v) is 3.82. The number of rotatable bonds is 7. The Bertz CT molecular complexity index is 1180. The Morgan fingerprint density at radius 2 is 2.00 bits per heavy atom. The Kier molecular flexibility index (Phi) is 5.76. The van der Waals surface area contributed by atoms with Gasteiger partial charge in [-0.05, 0) is 38.5 Å². The number of nitrogens with one attached hydrogen (secondary N) is 1. The summed E-state index contributed by atoms with van der Waals surface area (Å²) in [7, 11) is 1.53. The van der Waals surface area contributed by atoms with E-state index in [1.165, 1.54) is 18.2 Å². The highest BCUT2D eigenvalue weighted by atomic mass is 35.7. The Balaban J connectivity index is 2.31. The average Bonchev–Trinajstić information content (AvgIpc) is 3.00. The van der Waals surface area contributed by atoms with Crippen LogP contribution in [-0.2, 0) is 22.0 Å². The molecule has 0 saturated carbocycles. The highest BCUT2D eigenvalue weighted by Gasteiger charge is 2.20. The van der Waals surface area contributed by atoms with E-state index in [9.17, 15) is 13.2 Å². The molecule has 0 bridgehead atoms. The van der Waals surface area contributed by atoms with E-state index < -0.39 is 9.05 Å². The first kappa shape index (κ1) is 20.3. The van der Waals surface area contributed by atoms with E-state index in [0.29, 0.717) is 41.9 Å². The summed E-state index contributed by atoms with van der Waals surface area (Å²) in [6, 6.07) is 4.20. The zero-order valence-electron chi connectivity index (χ0n) is 15.8. The topological polar surface area (TPSA) is 107 Å². The minimum Gasteiger partial charge on any atom is -0.493 e. The first-order valence-electron chi connectivity index (χ1n) is 9.01. The number of hydrogen-bond donors (Lipinski definition) is 1. The molecule has 10 heteroatoms. The zero-order chi connectivity index (χ0) is 20.5. The predicted octanol–water partition coefficient (Wildman–Crippen LogP) is 3.09. The summed E-state index contributed by atoms with van der Waals surface area (Å²) < 4.78 is 30.7. The molecule has 0 radical (unpaired) electrons. The number of halogens is 1. The number of aromatic nitrogens is 4. The number of aromatic amines is 1. The lowest BCUT2D eigenvalue weighted by Crippen LogP contribution is -2.14. The minimum absolute atomic E-state index is 0.103. The second-order valence-corrected chi connectivity index (χ2v) is 8.72. The molecule has 0 fully saturated rings. The first-order valence-corrected chi connectivity index (χ1v) is 11.3. The molecule has 2 heterocycles. The van der Waals surface area contributed by atoms with Crippen LogP contribution in [0.5, 0.6) is 5.75 Å². The fourth-order valence-electron chi connectivity index (χ4n) is 3.04. The SMILES string of the molecule is CCCc1nn(CC)c2c(=O)[nH]c(-c3cc(S(=O)(=O)Cl)ccc3OCC)nc12. The van der Waals surface area contributed by atoms with E-state index in [2.05, 4.69) is 15.1 Å². The van der Waals surface area contributed by atoms with E-state index >= 15 is 0 Å². The van der Waals surface area contributed by atoms with Gasteiger partial charge in [-0.1, -0.05) is 13.3 Å². The van der Waals surface area contributed by atoms with Gasteiger partial charge in [-0.25, -0.2) is 13.4 Å². The minimum atomic E-state index is -3.95. The Labute approximate surface area is 166 Å². The third-order valence-electron chi connectivity index (χ3n) is 4.24. The smallest absolute Gasteiger partial charge is 0.277 e. The maximum atomic E-state index is 12.8. The lowest BCUT2D eigenvalue weighted by molar-refractivity contribution is 0.341. The van der Waals surface area contributed by atoms with Crippen molar-refractivity contribution in [2.45, 2.75) is 45.1 Å². The molecule has 0 unspecified atom stereocenters. The van der Waals surface area contributed by atoms with Gasteiger partial charge in [0, 0.05) is 17.2 Å². The van der Waals surface area contributed by atoms with Crippen LogP contribution in [0.4, 0.5) is 0 Å². The molecule has 28 heavy (non-hydrogen) atoms. The highest BCUT2D eigenvalue weighted by molar-refractivity contribution is 8.13. The lowest BCUT2D eigenvalue weighted by Gasteiger charge is -2.11. The van der Waals surface area contributed by atoms with E-state index in [1.54, 1.807) is 11.6 Å². The standard InChI is InChI=1S/C18H21ClN4O4S/c1-4-7-13-15-16(23(5-2)22-13)18(24)21-17(20-15)12-10-11(28(19,25)26)8-9-14(12)27-6-3/h8-10H,4-7H2,1-3H3,(H,20,21,24). The second-order valence-electron chi connectivity index (χ2n) is 6.15. The number of fused-ring (bicyclic) bond motifs is 1. The van der Waals surface area contributed by atoms with E-state index in [0.717, 1.165) is 12.1 Å². The van der Waals surface area contributed by atoms with Gasteiger partial charge in [0.2, 0.25) is 0 Å². The summed E-state index contributed by atoms with van der Waals surface area (Å²) in [6.45, 7) is 6.63. The quantitative estimate of drug-likeness (QED) is 0.584. The normalized spacial score (nSPS) is 11.9. The second kappa shape index (κ2) is 7.92. The summed E-state index contributed by atoms with van der Waals surface area (Å²) in [5.74, 6) is 0.602. The van der Waals surface area contributed by atoms with Gasteiger partial charge in [0.1, 0.15) is 17.1 Å². The van der Waals surface area contributed by atoms with Crippen LogP contribution in [0.3, 0.4) is 0 Å². The number of hydrogen-bond acceptors (Lipinski definition) is 6. The number of ether oxygens (including phenoxy) is 1. The maximum absolute atomic E-state index is 12.8. The number of nitrogens with zero attached hydrogens (tertiary/aromatic N) is 3. The van der Waals surface area contributed by atoms with E-state index in [4.69, 9.17) is 15.4 Å². The molecule has 2 aromatic heterocycles. The number of H-pyrrole nitrogens is 1. The summed E-state index contributed by atoms with van der Waals surface area (Å²) in [5.41, 5.74) is 1.62. The van der Waals surface area contributed by atoms with Crippen molar-refractivity contribution in [3.05, 3.63) is 34.2 Å². The molecular formula is C18H21ClN4O4S. The Hall–Kier alpha value is -2.39. The van der Waals surface area contributed by atoms with Crippen LogP contribution in [-0.4, -0.2) is 34.8 Å². The third-order valence-corrected chi connectivity index (χ3v) is 5.59. The monoisotopic (exact) mass is 424 g/mol. The van der Waals surface area contributed by atoms with Gasteiger partial charge >= 0.3 is 0 Å². The number of aryl methyl sites for hydroxylation is 2. The molecule has 0 aliphatic heterocycles. The van der Waals surface area contributed by atoms with Crippen LogP contribution in [0, 0.1) is 0 Å². The molecule has 0 atom stereocenters. The zero-order valence-corrected chi connectivity index (χ0v) is 17.4. The molecule has 1 N–H and O–H groups in total. The van der Waals surface area contributed by atoms with Crippen molar-refractivity contribution >= 4 is 30.8 Å². The van der Waals surface area contributed by atoms with Crippen molar-refractivity contribution in [3.63, 3.8) is 0 Å². The molecular weight excluding hydrogens is 404 g/mol. The predicted molar refractivity (Wildman–Crippen MR) is 107 cm³/mol. The molecule has 1 aromatic carbocycles. The van der Waals surface area contributed by atoms with Gasteiger partial charge in [-0.3, -0.25) is 9.48 Å². The van der Waals surface area contributed by atoms with Crippen molar-refractivity contribution < 1.29 is 13.2 Å². The molecule has 0 saturated heterocycles. The molecule has 0 spiro atoms. The lowest BCUT2D eigenvalue weighted by atomic mass is 10.1. The van der Waals surface area contributed by atoms with Crippen LogP contribution >= 0.6 is 10.7 Å². The van der Waals surface area contributed by atoms with Crippen molar-refractivity contribution in [2.24, 2.45) is 0 Å². The molecule has 0 aliphatic rings. The summed E-state index contributed by atoms with van der Waals surface area (Å²) >= 11 is 0. The maximum Gasteiger partial charge on any atom is 0.277 e. The van der Waals surface area contributed by atoms with Crippen molar-refractivity contribution in [2.75, 3.05) is 6.61 Å². The Morgan fingerprint density at radius 1 is 1.25 bits per heavy atom. The van der Waals surface area contributed by atoms with Gasteiger partial charge in [0.25, 0.3) is 14.6 Å². The van der Waals surface area contributed by atoms with Crippen molar-refractivity contribution in [3.8, 4) is 17.1 Å². The van der Waals surface area contributed by atoms with Crippen LogP contribution in [0.2, 0.25) is 0 Å². The van der Waals surface area contributed by atoms with Crippen molar-refractivity contribution in [1.82, 2.24) is 19.7 Å². The van der Waals surface area contributed by atoms with Crippen LogP contribution < -0.4 is 10.3 Å². The van der Waals surface area contributed by atoms with Crippen LogP contribution in [0.1, 0.15) is 32.9 Å². The van der Waals surface area contributed by atoms with Crippen LogP contribution in [0.25, 0.3) is 22.4 Å². The third kappa shape index (κ3) is 3.77. The van der Waals surface area contributed by atoms with Gasteiger partial charge in [-0.15, -0.1) is 0 Å². The largest absolute Gasteiger partial charge is 0.493 e. The molecule has 0 amide bonds. The van der Waals surface area contributed by atoms with Crippen molar-refractivity contribution in [1.29, 1.82) is 0 Å². The molecule has 3 rings (SSSR count). The van der Waals surface area contributed by atoms with Gasteiger partial charge < -0.3 is 9.72 Å². The average molecular weight is 425 g/mol.